The van der Waals surface area contributed by atoms with Crippen LogP contribution in [0.3, 0.4) is 0 Å². The van der Waals surface area contributed by atoms with Crippen molar-refractivity contribution in [2.45, 2.75) is 32.1 Å². The second kappa shape index (κ2) is 7.07. The average Bonchev–Trinajstić information content (AvgIpc) is 2.74. The predicted octanol–water partition coefficient (Wildman–Crippen LogP) is 3.82. The van der Waals surface area contributed by atoms with Crippen molar-refractivity contribution in [1.82, 2.24) is 5.32 Å². The smallest absolute Gasteiger partial charge is 0.287 e. The zero-order chi connectivity index (χ0) is 12.8. The van der Waals surface area contributed by atoms with E-state index in [2.05, 4.69) is 35.1 Å². The monoisotopic (exact) mass is 321 g/mol. The van der Waals surface area contributed by atoms with Gasteiger partial charge >= 0.3 is 0 Å². The van der Waals surface area contributed by atoms with Crippen molar-refractivity contribution in [1.29, 1.82) is 0 Å². The Kier molecular flexibility index (Phi) is 6.06. The number of carbonyl (C=O) groups excluding carboxylic acids is 1. The Labute approximate surface area is 115 Å². The van der Waals surface area contributed by atoms with Gasteiger partial charge in [-0.25, -0.2) is 0 Å². The van der Waals surface area contributed by atoms with Crippen LogP contribution in [-0.4, -0.2) is 17.8 Å². The summed E-state index contributed by atoms with van der Waals surface area (Å²) in [6, 6.07) is 3.31. The van der Waals surface area contributed by atoms with Gasteiger partial charge in [0.1, 0.15) is 0 Å². The van der Waals surface area contributed by atoms with E-state index in [9.17, 15) is 4.79 Å². The Bertz CT molecular complexity index is 363. The van der Waals surface area contributed by atoms with Crippen LogP contribution in [0.5, 0.6) is 0 Å². The predicted molar refractivity (Wildman–Crippen MR) is 72.5 cm³/mol. The summed E-state index contributed by atoms with van der Waals surface area (Å²) in [6.45, 7) is 4.68. The van der Waals surface area contributed by atoms with Crippen LogP contribution in [0.1, 0.15) is 37.2 Å². The molecule has 0 fully saturated rings. The number of alkyl halides is 1. The molecule has 96 valence electrons. The summed E-state index contributed by atoms with van der Waals surface area (Å²) in [5.41, 5.74) is 0. The van der Waals surface area contributed by atoms with Crippen molar-refractivity contribution in [3.8, 4) is 0 Å². The Balaban J connectivity index is 2.43. The van der Waals surface area contributed by atoms with E-state index in [0.29, 0.717) is 22.9 Å². The third-order valence-corrected chi connectivity index (χ3v) is 3.75. The third-order valence-electron chi connectivity index (χ3n) is 2.81. The van der Waals surface area contributed by atoms with Gasteiger partial charge in [0.15, 0.2) is 10.4 Å². The van der Waals surface area contributed by atoms with Crippen LogP contribution in [0.2, 0.25) is 0 Å². The van der Waals surface area contributed by atoms with E-state index in [0.717, 1.165) is 12.8 Å². The van der Waals surface area contributed by atoms with E-state index >= 15 is 0 Å². The van der Waals surface area contributed by atoms with Crippen molar-refractivity contribution in [2.24, 2.45) is 5.92 Å². The highest BCUT2D eigenvalue weighted by Gasteiger charge is 2.17. The fourth-order valence-electron chi connectivity index (χ4n) is 1.68. The van der Waals surface area contributed by atoms with Gasteiger partial charge in [-0.3, -0.25) is 4.79 Å². The molecule has 5 heteroatoms. The highest BCUT2D eigenvalue weighted by Crippen LogP contribution is 2.18. The molecule has 0 saturated carbocycles. The van der Waals surface area contributed by atoms with Crippen LogP contribution < -0.4 is 5.32 Å². The summed E-state index contributed by atoms with van der Waals surface area (Å²) < 4.78 is 5.70. The van der Waals surface area contributed by atoms with Crippen molar-refractivity contribution >= 4 is 33.4 Å². The van der Waals surface area contributed by atoms with Crippen LogP contribution in [0.15, 0.2) is 21.2 Å². The maximum atomic E-state index is 11.7. The zero-order valence-electron chi connectivity index (χ0n) is 10.0. The normalized spacial score (nSPS) is 12.8. The van der Waals surface area contributed by atoms with Crippen LogP contribution in [0, 0.1) is 5.92 Å². The fraction of sp³-hybridized carbons (Fsp3) is 0.583. The van der Waals surface area contributed by atoms with Crippen LogP contribution in [-0.2, 0) is 0 Å². The fourth-order valence-corrected chi connectivity index (χ4v) is 2.42. The molecule has 1 aromatic heterocycles. The molecule has 0 aromatic carbocycles. The molecule has 1 atom stereocenters. The summed E-state index contributed by atoms with van der Waals surface area (Å²) in [5, 5.41) is 2.74. The molecule has 1 amide bonds. The molecule has 1 unspecified atom stereocenters. The maximum Gasteiger partial charge on any atom is 0.287 e. The highest BCUT2D eigenvalue weighted by atomic mass is 79.9. The first-order valence-corrected chi connectivity index (χ1v) is 6.99. The standard InChI is InChI=1S/C12H17BrClNO2/c1-3-8(4-2)9(14)7-15-12(16)10-5-6-11(13)17-10/h5-6,8-9H,3-4,7H2,1-2H3,(H,15,16). The van der Waals surface area contributed by atoms with E-state index < -0.39 is 0 Å². The van der Waals surface area contributed by atoms with Crippen molar-refractivity contribution < 1.29 is 9.21 Å². The second-order valence-electron chi connectivity index (χ2n) is 3.91. The number of halogens is 2. The molecule has 0 aliphatic rings. The SMILES string of the molecule is CCC(CC)C(Cl)CNC(=O)c1ccc(Br)o1. The summed E-state index contributed by atoms with van der Waals surface area (Å²) in [4.78, 5) is 11.7. The first kappa shape index (κ1) is 14.6. The second-order valence-corrected chi connectivity index (χ2v) is 5.25. The van der Waals surface area contributed by atoms with E-state index in [1.807, 2.05) is 0 Å². The number of amides is 1. The number of carbonyl (C=O) groups is 1. The van der Waals surface area contributed by atoms with Gasteiger partial charge in [-0.15, -0.1) is 11.6 Å². The first-order chi connectivity index (χ1) is 8.08. The van der Waals surface area contributed by atoms with Crippen LogP contribution in [0.4, 0.5) is 0 Å². The molecule has 1 aromatic rings. The molecule has 0 bridgehead atoms. The Morgan fingerprint density at radius 2 is 2.12 bits per heavy atom. The van der Waals surface area contributed by atoms with E-state index in [-0.39, 0.29) is 11.3 Å². The Morgan fingerprint density at radius 1 is 1.47 bits per heavy atom. The maximum absolute atomic E-state index is 11.7. The highest BCUT2D eigenvalue weighted by molar-refractivity contribution is 9.10. The number of hydrogen-bond acceptors (Lipinski definition) is 2. The van der Waals surface area contributed by atoms with E-state index in [1.165, 1.54) is 0 Å². The quantitative estimate of drug-likeness (QED) is 0.809. The van der Waals surface area contributed by atoms with Crippen molar-refractivity contribution in [3.63, 3.8) is 0 Å². The first-order valence-electron chi connectivity index (χ1n) is 5.76. The molecule has 0 saturated heterocycles. The molecule has 0 radical (unpaired) electrons. The van der Waals surface area contributed by atoms with Crippen LogP contribution in [0.25, 0.3) is 0 Å². The third kappa shape index (κ3) is 4.36. The lowest BCUT2D eigenvalue weighted by atomic mass is 9.99. The lowest BCUT2D eigenvalue weighted by Gasteiger charge is -2.19. The largest absolute Gasteiger partial charge is 0.444 e. The summed E-state index contributed by atoms with van der Waals surface area (Å²) in [7, 11) is 0. The van der Waals surface area contributed by atoms with Gasteiger partial charge in [-0.2, -0.15) is 0 Å². The Morgan fingerprint density at radius 3 is 2.59 bits per heavy atom. The molecular weight excluding hydrogens is 305 g/mol. The van der Waals surface area contributed by atoms with Crippen LogP contribution >= 0.6 is 27.5 Å². The van der Waals surface area contributed by atoms with Gasteiger partial charge in [0.05, 0.1) is 5.38 Å². The minimum atomic E-state index is -0.229. The van der Waals surface area contributed by atoms with Gasteiger partial charge in [0, 0.05) is 6.54 Å². The lowest BCUT2D eigenvalue weighted by Crippen LogP contribution is -2.32. The van der Waals surface area contributed by atoms with Gasteiger partial charge < -0.3 is 9.73 Å². The number of rotatable bonds is 6. The molecule has 0 aliphatic carbocycles. The molecule has 0 aliphatic heterocycles. The van der Waals surface area contributed by atoms with Gasteiger partial charge in [0.25, 0.3) is 5.91 Å². The lowest BCUT2D eigenvalue weighted by molar-refractivity contribution is 0.0922. The summed E-state index contributed by atoms with van der Waals surface area (Å²) >= 11 is 9.38. The average molecular weight is 323 g/mol. The molecule has 17 heavy (non-hydrogen) atoms. The topological polar surface area (TPSA) is 42.2 Å². The Hall–Kier alpha value is -0.480. The molecule has 0 spiro atoms. The molecular formula is C12H17BrClNO2. The van der Waals surface area contributed by atoms with Gasteiger partial charge in [-0.05, 0) is 34.0 Å². The van der Waals surface area contributed by atoms with E-state index in [4.69, 9.17) is 16.0 Å². The van der Waals surface area contributed by atoms with Crippen molar-refractivity contribution in [3.05, 3.63) is 22.6 Å². The molecule has 1 rings (SSSR count). The molecule has 1 heterocycles. The van der Waals surface area contributed by atoms with Gasteiger partial charge in [0.2, 0.25) is 0 Å². The summed E-state index contributed by atoms with van der Waals surface area (Å²) in [5.74, 6) is 0.498. The molecule has 3 nitrogen and oxygen atoms in total. The zero-order valence-corrected chi connectivity index (χ0v) is 12.3. The van der Waals surface area contributed by atoms with Gasteiger partial charge in [-0.1, -0.05) is 26.7 Å². The number of furan rings is 1. The molecule has 1 N–H and O–H groups in total. The number of nitrogens with one attached hydrogen (secondary N) is 1. The minimum absolute atomic E-state index is 0.0349. The number of hydrogen-bond donors (Lipinski definition) is 1. The van der Waals surface area contributed by atoms with E-state index in [1.54, 1.807) is 12.1 Å². The van der Waals surface area contributed by atoms with Crippen molar-refractivity contribution in [2.75, 3.05) is 6.54 Å². The summed E-state index contributed by atoms with van der Waals surface area (Å²) in [6.07, 6.45) is 2.04. The minimum Gasteiger partial charge on any atom is -0.444 e.